The van der Waals surface area contributed by atoms with Crippen molar-refractivity contribution in [3.05, 3.63) is 25.3 Å². The highest BCUT2D eigenvalue weighted by Gasteiger charge is 2.39. The Morgan fingerprint density at radius 2 is 1.65 bits per heavy atom. The number of hydrogen-bond donors (Lipinski definition) is 1. The van der Waals surface area contributed by atoms with E-state index in [1.165, 1.54) is 4.90 Å². The van der Waals surface area contributed by atoms with Crippen LogP contribution in [0.1, 0.15) is 20.8 Å². The van der Waals surface area contributed by atoms with Crippen molar-refractivity contribution in [2.75, 3.05) is 13.1 Å². The molecule has 1 amide bonds. The number of aliphatic carboxylic acids is 1. The summed E-state index contributed by atoms with van der Waals surface area (Å²) in [6.07, 6.45) is 3.14. The molecule has 1 unspecified atom stereocenters. The molecule has 0 saturated carbocycles. The maximum absolute atomic E-state index is 12.2. The van der Waals surface area contributed by atoms with Crippen molar-refractivity contribution in [1.82, 2.24) is 4.90 Å². The molecule has 0 aliphatic rings. The Labute approximate surface area is 103 Å². The van der Waals surface area contributed by atoms with Crippen LogP contribution < -0.4 is 0 Å². The molecule has 0 spiro atoms. The molecule has 0 heterocycles. The summed E-state index contributed by atoms with van der Waals surface area (Å²) in [4.78, 5) is 24.8. The van der Waals surface area contributed by atoms with E-state index in [-0.39, 0.29) is 0 Å². The second kappa shape index (κ2) is 6.23. The first kappa shape index (κ1) is 15.4. The largest absolute Gasteiger partial charge is 0.481 e. The fraction of sp³-hybridized carbons (Fsp3) is 0.538. The summed E-state index contributed by atoms with van der Waals surface area (Å²) in [5.74, 6) is -2.55. The normalized spacial score (nSPS) is 12.6. The van der Waals surface area contributed by atoms with E-state index in [0.717, 1.165) is 0 Å². The van der Waals surface area contributed by atoms with Crippen LogP contribution in [0.2, 0.25) is 0 Å². The maximum atomic E-state index is 12.2. The van der Waals surface area contributed by atoms with Crippen molar-refractivity contribution in [3.63, 3.8) is 0 Å². The van der Waals surface area contributed by atoms with Gasteiger partial charge in [-0.1, -0.05) is 32.9 Å². The SMILES string of the molecule is C=CCN(CC=C)C(=O)C(C(=O)O)C(C)(C)C. The summed E-state index contributed by atoms with van der Waals surface area (Å²) < 4.78 is 0. The van der Waals surface area contributed by atoms with Crippen LogP contribution >= 0.6 is 0 Å². The van der Waals surface area contributed by atoms with Crippen molar-refractivity contribution in [2.24, 2.45) is 11.3 Å². The van der Waals surface area contributed by atoms with Gasteiger partial charge in [0, 0.05) is 13.1 Å². The Hall–Kier alpha value is -1.58. The van der Waals surface area contributed by atoms with Crippen molar-refractivity contribution in [3.8, 4) is 0 Å². The van der Waals surface area contributed by atoms with Gasteiger partial charge in [0.05, 0.1) is 0 Å². The van der Waals surface area contributed by atoms with Gasteiger partial charge in [0.15, 0.2) is 0 Å². The summed E-state index contributed by atoms with van der Waals surface area (Å²) in [5, 5.41) is 9.17. The van der Waals surface area contributed by atoms with E-state index in [1.54, 1.807) is 32.9 Å². The standard InChI is InChI=1S/C13H21NO3/c1-6-8-14(9-7-2)11(15)10(12(16)17)13(3,4)5/h6-7,10H,1-2,8-9H2,3-5H3,(H,16,17). The van der Waals surface area contributed by atoms with Crippen molar-refractivity contribution < 1.29 is 14.7 Å². The van der Waals surface area contributed by atoms with E-state index in [9.17, 15) is 9.59 Å². The van der Waals surface area contributed by atoms with E-state index in [0.29, 0.717) is 13.1 Å². The van der Waals surface area contributed by atoms with Crippen LogP contribution in [0.5, 0.6) is 0 Å². The molecular formula is C13H21NO3. The third-order valence-corrected chi connectivity index (χ3v) is 2.37. The molecule has 0 rings (SSSR count). The lowest BCUT2D eigenvalue weighted by molar-refractivity contribution is -0.155. The van der Waals surface area contributed by atoms with E-state index >= 15 is 0 Å². The molecule has 96 valence electrons. The molecular weight excluding hydrogens is 218 g/mol. The lowest BCUT2D eigenvalue weighted by Gasteiger charge is -2.30. The molecule has 0 fully saturated rings. The third kappa shape index (κ3) is 4.43. The first-order chi connectivity index (χ1) is 7.75. The van der Waals surface area contributed by atoms with Crippen LogP contribution in [0.3, 0.4) is 0 Å². The monoisotopic (exact) mass is 239 g/mol. The van der Waals surface area contributed by atoms with Crippen molar-refractivity contribution in [1.29, 1.82) is 0 Å². The molecule has 1 atom stereocenters. The molecule has 0 saturated heterocycles. The number of carboxylic acids is 1. The molecule has 1 N–H and O–H groups in total. The summed E-state index contributed by atoms with van der Waals surface area (Å²) in [6, 6.07) is 0. The highest BCUT2D eigenvalue weighted by molar-refractivity contribution is 5.97. The lowest BCUT2D eigenvalue weighted by atomic mass is 9.80. The van der Waals surface area contributed by atoms with Gasteiger partial charge in [-0.25, -0.2) is 0 Å². The highest BCUT2D eigenvalue weighted by atomic mass is 16.4. The summed E-state index contributed by atoms with van der Waals surface area (Å²) in [6.45, 7) is 13.0. The summed E-state index contributed by atoms with van der Waals surface area (Å²) >= 11 is 0. The fourth-order valence-electron chi connectivity index (χ4n) is 1.60. The minimum Gasteiger partial charge on any atom is -0.481 e. The number of carboxylic acid groups (broad SMARTS) is 1. The Morgan fingerprint density at radius 1 is 1.24 bits per heavy atom. The Balaban J connectivity index is 5.10. The zero-order valence-corrected chi connectivity index (χ0v) is 10.8. The van der Waals surface area contributed by atoms with Gasteiger partial charge in [0.1, 0.15) is 5.92 Å². The number of nitrogens with zero attached hydrogens (tertiary/aromatic N) is 1. The molecule has 0 aromatic rings. The number of rotatable bonds is 6. The van der Waals surface area contributed by atoms with Crippen molar-refractivity contribution >= 4 is 11.9 Å². The third-order valence-electron chi connectivity index (χ3n) is 2.37. The molecule has 17 heavy (non-hydrogen) atoms. The van der Waals surface area contributed by atoms with Crippen molar-refractivity contribution in [2.45, 2.75) is 20.8 Å². The molecule has 0 aromatic carbocycles. The summed E-state index contributed by atoms with van der Waals surface area (Å²) in [5.41, 5.74) is -0.622. The zero-order chi connectivity index (χ0) is 13.6. The quantitative estimate of drug-likeness (QED) is 0.569. The molecule has 0 bridgehead atoms. The second-order valence-corrected chi connectivity index (χ2v) is 4.96. The van der Waals surface area contributed by atoms with E-state index in [2.05, 4.69) is 13.2 Å². The molecule has 0 radical (unpaired) electrons. The van der Waals surface area contributed by atoms with Crippen LogP contribution in [0.25, 0.3) is 0 Å². The van der Waals surface area contributed by atoms with E-state index < -0.39 is 23.2 Å². The zero-order valence-electron chi connectivity index (χ0n) is 10.8. The Bertz CT molecular complexity index is 305. The average Bonchev–Trinajstić information content (AvgIpc) is 2.14. The highest BCUT2D eigenvalue weighted by Crippen LogP contribution is 2.28. The lowest BCUT2D eigenvalue weighted by Crippen LogP contribution is -2.45. The van der Waals surface area contributed by atoms with Gasteiger partial charge in [0.25, 0.3) is 0 Å². The first-order valence-corrected chi connectivity index (χ1v) is 5.49. The molecule has 0 aliphatic carbocycles. The molecule has 4 heteroatoms. The Kier molecular flexibility index (Phi) is 5.65. The number of hydrogen-bond acceptors (Lipinski definition) is 2. The van der Waals surface area contributed by atoms with Gasteiger partial charge in [-0.05, 0) is 5.41 Å². The molecule has 0 aromatic heterocycles. The number of amides is 1. The van der Waals surface area contributed by atoms with Gasteiger partial charge in [-0.2, -0.15) is 0 Å². The van der Waals surface area contributed by atoms with Gasteiger partial charge < -0.3 is 10.0 Å². The molecule has 4 nitrogen and oxygen atoms in total. The van der Waals surface area contributed by atoms with E-state index in [1.807, 2.05) is 0 Å². The summed E-state index contributed by atoms with van der Waals surface area (Å²) in [7, 11) is 0. The van der Waals surface area contributed by atoms with Crippen LogP contribution in [-0.4, -0.2) is 35.0 Å². The predicted octanol–water partition coefficient (Wildman–Crippen LogP) is 1.93. The smallest absolute Gasteiger partial charge is 0.316 e. The van der Waals surface area contributed by atoms with Crippen LogP contribution in [0.4, 0.5) is 0 Å². The minimum atomic E-state index is -1.10. The maximum Gasteiger partial charge on any atom is 0.316 e. The van der Waals surface area contributed by atoms with Crippen LogP contribution in [-0.2, 0) is 9.59 Å². The minimum absolute atomic E-state index is 0.324. The molecule has 0 aliphatic heterocycles. The number of carbonyl (C=O) groups is 2. The topological polar surface area (TPSA) is 57.6 Å². The van der Waals surface area contributed by atoms with Gasteiger partial charge in [-0.3, -0.25) is 9.59 Å². The van der Waals surface area contributed by atoms with Crippen LogP contribution in [0.15, 0.2) is 25.3 Å². The Morgan fingerprint density at radius 3 is 1.88 bits per heavy atom. The van der Waals surface area contributed by atoms with Gasteiger partial charge in [0.2, 0.25) is 5.91 Å². The average molecular weight is 239 g/mol. The fourth-order valence-corrected chi connectivity index (χ4v) is 1.60. The van der Waals surface area contributed by atoms with Gasteiger partial charge >= 0.3 is 5.97 Å². The number of carbonyl (C=O) groups excluding carboxylic acids is 1. The second-order valence-electron chi connectivity index (χ2n) is 4.96. The van der Waals surface area contributed by atoms with Crippen LogP contribution in [0, 0.1) is 11.3 Å². The van der Waals surface area contributed by atoms with E-state index in [4.69, 9.17) is 5.11 Å². The first-order valence-electron chi connectivity index (χ1n) is 5.49. The predicted molar refractivity (Wildman–Crippen MR) is 67.6 cm³/mol. The van der Waals surface area contributed by atoms with Gasteiger partial charge in [-0.15, -0.1) is 13.2 Å².